The fourth-order valence-corrected chi connectivity index (χ4v) is 2.25. The summed E-state index contributed by atoms with van der Waals surface area (Å²) in [5.41, 5.74) is 5.80. The number of hydrogen-bond acceptors (Lipinski definition) is 2. The Morgan fingerprint density at radius 3 is 2.21 bits per heavy atom. The van der Waals surface area contributed by atoms with Crippen molar-refractivity contribution in [2.24, 2.45) is 11.7 Å². The van der Waals surface area contributed by atoms with Crippen LogP contribution in [0.5, 0.6) is 0 Å². The van der Waals surface area contributed by atoms with Crippen LogP contribution in [0.1, 0.15) is 44.9 Å². The Morgan fingerprint density at radius 1 is 1.07 bits per heavy atom. The highest BCUT2D eigenvalue weighted by atomic mass is 16.1. The molecule has 0 aliphatic heterocycles. The molecule has 0 heterocycles. The van der Waals surface area contributed by atoms with Gasteiger partial charge in [0, 0.05) is 18.0 Å². The molecule has 2 saturated carbocycles. The van der Waals surface area contributed by atoms with Gasteiger partial charge < -0.3 is 11.1 Å². The highest BCUT2D eigenvalue weighted by Gasteiger charge is 2.27. The van der Waals surface area contributed by atoms with Crippen molar-refractivity contribution in [2.75, 3.05) is 0 Å². The third kappa shape index (κ3) is 2.27. The minimum Gasteiger partial charge on any atom is -0.353 e. The molecule has 0 aromatic heterocycles. The molecule has 0 aromatic carbocycles. The maximum absolute atomic E-state index is 11.8. The zero-order chi connectivity index (χ0) is 9.97. The van der Waals surface area contributed by atoms with Gasteiger partial charge in [0.25, 0.3) is 0 Å². The topological polar surface area (TPSA) is 55.1 Å². The predicted octanol–water partition coefficient (Wildman–Crippen LogP) is 1.17. The molecule has 3 nitrogen and oxygen atoms in total. The Morgan fingerprint density at radius 2 is 1.71 bits per heavy atom. The third-order valence-corrected chi connectivity index (χ3v) is 3.59. The summed E-state index contributed by atoms with van der Waals surface area (Å²) in [5.74, 6) is 0.525. The van der Waals surface area contributed by atoms with E-state index in [1.54, 1.807) is 0 Å². The van der Waals surface area contributed by atoms with Crippen LogP contribution in [-0.2, 0) is 4.79 Å². The number of carbonyl (C=O) groups excluding carboxylic acids is 1. The second-order valence-corrected chi connectivity index (χ2v) is 4.75. The van der Waals surface area contributed by atoms with Gasteiger partial charge in [0.15, 0.2) is 0 Å². The van der Waals surface area contributed by atoms with Gasteiger partial charge >= 0.3 is 0 Å². The molecule has 0 radical (unpaired) electrons. The molecule has 0 bridgehead atoms. The van der Waals surface area contributed by atoms with Crippen LogP contribution >= 0.6 is 0 Å². The monoisotopic (exact) mass is 196 g/mol. The molecule has 80 valence electrons. The third-order valence-electron chi connectivity index (χ3n) is 3.59. The van der Waals surface area contributed by atoms with Crippen molar-refractivity contribution >= 4 is 5.91 Å². The van der Waals surface area contributed by atoms with E-state index >= 15 is 0 Å². The Bertz CT molecular complexity index is 205. The summed E-state index contributed by atoms with van der Waals surface area (Å²) < 4.78 is 0. The Balaban J connectivity index is 1.74. The summed E-state index contributed by atoms with van der Waals surface area (Å²) in [7, 11) is 0. The molecule has 0 atom stereocenters. The Kier molecular flexibility index (Phi) is 3.06. The average molecular weight is 196 g/mol. The molecular formula is C11H20N2O. The number of nitrogens with one attached hydrogen (secondary N) is 1. The van der Waals surface area contributed by atoms with Gasteiger partial charge in [0.1, 0.15) is 0 Å². The van der Waals surface area contributed by atoms with Crippen molar-refractivity contribution in [3.8, 4) is 0 Å². The summed E-state index contributed by atoms with van der Waals surface area (Å²) in [6.07, 6.45) is 7.64. The van der Waals surface area contributed by atoms with Gasteiger partial charge in [-0.2, -0.15) is 0 Å². The molecule has 1 amide bonds. The van der Waals surface area contributed by atoms with Crippen LogP contribution < -0.4 is 11.1 Å². The quantitative estimate of drug-likeness (QED) is 0.696. The van der Waals surface area contributed by atoms with Crippen LogP contribution in [0.4, 0.5) is 0 Å². The van der Waals surface area contributed by atoms with Crippen molar-refractivity contribution in [2.45, 2.75) is 57.0 Å². The molecule has 3 heteroatoms. The second kappa shape index (κ2) is 4.30. The maximum Gasteiger partial charge on any atom is 0.223 e. The molecule has 0 aromatic rings. The van der Waals surface area contributed by atoms with Crippen LogP contribution in [0.2, 0.25) is 0 Å². The van der Waals surface area contributed by atoms with Crippen LogP contribution in [0.3, 0.4) is 0 Å². The van der Waals surface area contributed by atoms with E-state index in [2.05, 4.69) is 5.32 Å². The fourth-order valence-electron chi connectivity index (χ4n) is 2.25. The standard InChI is InChI=1S/C11H20N2O/c12-9-6-4-8(5-7-9)11(14)13-10-2-1-3-10/h8-10H,1-7,12H2,(H,13,14). The lowest BCUT2D eigenvalue weighted by Crippen LogP contribution is -2.44. The van der Waals surface area contributed by atoms with Gasteiger partial charge in [0.2, 0.25) is 5.91 Å². The first kappa shape index (κ1) is 9.97. The Hall–Kier alpha value is -0.570. The van der Waals surface area contributed by atoms with Crippen molar-refractivity contribution in [1.82, 2.24) is 5.32 Å². The first-order chi connectivity index (χ1) is 6.75. The van der Waals surface area contributed by atoms with E-state index in [1.165, 1.54) is 19.3 Å². The van der Waals surface area contributed by atoms with Gasteiger partial charge in [-0.25, -0.2) is 0 Å². The van der Waals surface area contributed by atoms with Crippen LogP contribution in [0.25, 0.3) is 0 Å². The Labute approximate surface area is 85.4 Å². The lowest BCUT2D eigenvalue weighted by Gasteiger charge is -2.31. The summed E-state index contributed by atoms with van der Waals surface area (Å²) >= 11 is 0. The lowest BCUT2D eigenvalue weighted by atomic mass is 9.85. The maximum atomic E-state index is 11.8. The summed E-state index contributed by atoms with van der Waals surface area (Å²) in [4.78, 5) is 11.8. The number of amides is 1. The summed E-state index contributed by atoms with van der Waals surface area (Å²) in [6.45, 7) is 0. The van der Waals surface area contributed by atoms with Gasteiger partial charge in [-0.3, -0.25) is 4.79 Å². The van der Waals surface area contributed by atoms with Crippen molar-refractivity contribution in [3.63, 3.8) is 0 Å². The van der Waals surface area contributed by atoms with Crippen molar-refractivity contribution in [1.29, 1.82) is 0 Å². The smallest absolute Gasteiger partial charge is 0.223 e. The molecule has 2 aliphatic rings. The van der Waals surface area contributed by atoms with Gasteiger partial charge in [-0.05, 0) is 44.9 Å². The highest BCUT2D eigenvalue weighted by Crippen LogP contribution is 2.25. The van der Waals surface area contributed by atoms with E-state index in [0.29, 0.717) is 12.1 Å². The molecule has 0 saturated heterocycles. The number of rotatable bonds is 2. The minimum atomic E-state index is 0.246. The molecule has 2 fully saturated rings. The van der Waals surface area contributed by atoms with Crippen molar-refractivity contribution < 1.29 is 4.79 Å². The van der Waals surface area contributed by atoms with Crippen molar-refractivity contribution in [3.05, 3.63) is 0 Å². The molecule has 14 heavy (non-hydrogen) atoms. The molecule has 2 rings (SSSR count). The zero-order valence-electron chi connectivity index (χ0n) is 8.67. The van der Waals surface area contributed by atoms with Crippen LogP contribution in [0, 0.1) is 5.92 Å². The SMILES string of the molecule is NC1CCC(C(=O)NC2CCC2)CC1. The normalized spacial score (nSPS) is 33.5. The minimum absolute atomic E-state index is 0.246. The fraction of sp³-hybridized carbons (Fsp3) is 0.909. The summed E-state index contributed by atoms with van der Waals surface area (Å²) in [6, 6.07) is 0.820. The van der Waals surface area contributed by atoms with Crippen LogP contribution in [0.15, 0.2) is 0 Å². The predicted molar refractivity (Wildman–Crippen MR) is 55.7 cm³/mol. The van der Waals surface area contributed by atoms with E-state index in [-0.39, 0.29) is 11.8 Å². The summed E-state index contributed by atoms with van der Waals surface area (Å²) in [5, 5.41) is 3.12. The molecule has 0 unspecified atom stereocenters. The van der Waals surface area contributed by atoms with E-state index < -0.39 is 0 Å². The first-order valence-electron chi connectivity index (χ1n) is 5.81. The molecule has 0 spiro atoms. The van der Waals surface area contributed by atoms with E-state index in [1.807, 2.05) is 0 Å². The largest absolute Gasteiger partial charge is 0.353 e. The van der Waals surface area contributed by atoms with E-state index in [4.69, 9.17) is 5.73 Å². The van der Waals surface area contributed by atoms with Crippen LogP contribution in [-0.4, -0.2) is 18.0 Å². The lowest BCUT2D eigenvalue weighted by molar-refractivity contribution is -0.127. The second-order valence-electron chi connectivity index (χ2n) is 4.75. The van der Waals surface area contributed by atoms with E-state index in [0.717, 1.165) is 25.7 Å². The van der Waals surface area contributed by atoms with Gasteiger partial charge in [0.05, 0.1) is 0 Å². The molecular weight excluding hydrogens is 176 g/mol. The first-order valence-corrected chi connectivity index (χ1v) is 5.81. The molecule has 3 N–H and O–H groups in total. The zero-order valence-corrected chi connectivity index (χ0v) is 8.67. The average Bonchev–Trinajstić information content (AvgIpc) is 2.12. The van der Waals surface area contributed by atoms with Gasteiger partial charge in [-0.1, -0.05) is 0 Å². The number of hydrogen-bond donors (Lipinski definition) is 2. The highest BCUT2D eigenvalue weighted by molar-refractivity contribution is 5.79. The molecule has 2 aliphatic carbocycles. The van der Waals surface area contributed by atoms with Gasteiger partial charge in [-0.15, -0.1) is 0 Å². The van der Waals surface area contributed by atoms with E-state index in [9.17, 15) is 4.79 Å². The number of carbonyl (C=O) groups is 1. The number of nitrogens with two attached hydrogens (primary N) is 1.